The quantitative estimate of drug-likeness (QED) is 0.753. The lowest BCUT2D eigenvalue weighted by Crippen LogP contribution is -2.46. The van der Waals surface area contributed by atoms with E-state index in [1.807, 2.05) is 23.8 Å². The Labute approximate surface area is 104 Å². The summed E-state index contributed by atoms with van der Waals surface area (Å²) in [7, 11) is 0. The summed E-state index contributed by atoms with van der Waals surface area (Å²) in [5.74, 6) is -1.02. The van der Waals surface area contributed by atoms with Gasteiger partial charge in [-0.05, 0) is 35.7 Å². The molecule has 0 aromatic carbocycles. The van der Waals surface area contributed by atoms with Gasteiger partial charge in [-0.3, -0.25) is 0 Å². The summed E-state index contributed by atoms with van der Waals surface area (Å²) in [5.41, 5.74) is 1.01. The van der Waals surface area contributed by atoms with Gasteiger partial charge in [-0.25, -0.2) is 9.59 Å². The van der Waals surface area contributed by atoms with Crippen LogP contribution in [0.25, 0.3) is 0 Å². The summed E-state index contributed by atoms with van der Waals surface area (Å²) in [6, 6.07) is 0.486. The minimum atomic E-state index is -1.02. The van der Waals surface area contributed by atoms with Gasteiger partial charge in [0.1, 0.15) is 6.04 Å². The molecule has 1 aromatic heterocycles. The third kappa shape index (κ3) is 4.07. The first kappa shape index (κ1) is 13.5. The van der Waals surface area contributed by atoms with Crippen LogP contribution in [0.15, 0.2) is 16.8 Å². The summed E-state index contributed by atoms with van der Waals surface area (Å²) in [4.78, 5) is 22.3. The van der Waals surface area contributed by atoms with Crippen molar-refractivity contribution < 1.29 is 14.7 Å². The number of hydrogen-bond donors (Lipinski definition) is 3. The highest BCUT2D eigenvalue weighted by molar-refractivity contribution is 7.07. The van der Waals surface area contributed by atoms with Crippen LogP contribution in [-0.4, -0.2) is 23.1 Å². The fraction of sp³-hybridized carbons (Fsp3) is 0.455. The molecule has 2 atom stereocenters. The van der Waals surface area contributed by atoms with Gasteiger partial charge in [0, 0.05) is 0 Å². The average Bonchev–Trinajstić information content (AvgIpc) is 2.78. The van der Waals surface area contributed by atoms with E-state index in [0.717, 1.165) is 5.56 Å². The molecule has 3 N–H and O–H groups in total. The van der Waals surface area contributed by atoms with Crippen molar-refractivity contribution in [2.24, 2.45) is 0 Å². The normalized spacial score (nSPS) is 13.8. The number of nitrogens with one attached hydrogen (secondary N) is 2. The Morgan fingerprint density at radius 1 is 1.47 bits per heavy atom. The summed E-state index contributed by atoms with van der Waals surface area (Å²) in [5, 5.41) is 17.8. The van der Waals surface area contributed by atoms with Crippen LogP contribution in [-0.2, 0) is 4.79 Å². The molecule has 1 heterocycles. The minimum Gasteiger partial charge on any atom is -0.480 e. The van der Waals surface area contributed by atoms with Crippen LogP contribution in [0.1, 0.15) is 31.9 Å². The molecule has 5 nitrogen and oxygen atoms in total. The highest BCUT2D eigenvalue weighted by Gasteiger charge is 2.18. The van der Waals surface area contributed by atoms with Crippen molar-refractivity contribution in [2.45, 2.75) is 32.4 Å². The lowest BCUT2D eigenvalue weighted by atomic mass is 10.2. The van der Waals surface area contributed by atoms with Crippen LogP contribution >= 0.6 is 11.3 Å². The summed E-state index contributed by atoms with van der Waals surface area (Å²) < 4.78 is 0. The predicted octanol–water partition coefficient (Wildman–Crippen LogP) is 1.97. The number of carbonyl (C=O) groups is 2. The molecule has 0 aliphatic carbocycles. The second-order valence-electron chi connectivity index (χ2n) is 3.70. The third-order valence-corrected chi connectivity index (χ3v) is 3.10. The highest BCUT2D eigenvalue weighted by Crippen LogP contribution is 2.15. The number of rotatable bonds is 5. The minimum absolute atomic E-state index is 0.132. The number of carboxylic acid groups (broad SMARTS) is 1. The molecule has 0 bridgehead atoms. The van der Waals surface area contributed by atoms with Crippen molar-refractivity contribution in [3.8, 4) is 0 Å². The average molecular weight is 256 g/mol. The van der Waals surface area contributed by atoms with Crippen molar-refractivity contribution in [3.63, 3.8) is 0 Å². The SMILES string of the molecule is CC[C@@H](NC(=O)NC(C)c1ccsc1)C(=O)O. The van der Waals surface area contributed by atoms with Gasteiger partial charge in [-0.15, -0.1) is 0 Å². The van der Waals surface area contributed by atoms with Crippen molar-refractivity contribution in [2.75, 3.05) is 0 Å². The predicted molar refractivity (Wildman–Crippen MR) is 66.1 cm³/mol. The van der Waals surface area contributed by atoms with Crippen LogP contribution in [0.4, 0.5) is 4.79 Å². The fourth-order valence-corrected chi connectivity index (χ4v) is 2.09. The van der Waals surface area contributed by atoms with Gasteiger partial charge >= 0.3 is 12.0 Å². The number of urea groups is 1. The maximum atomic E-state index is 11.5. The number of aliphatic carboxylic acids is 1. The highest BCUT2D eigenvalue weighted by atomic mass is 32.1. The number of carbonyl (C=O) groups excluding carboxylic acids is 1. The molecule has 6 heteroatoms. The molecular formula is C11H16N2O3S. The monoisotopic (exact) mass is 256 g/mol. The van der Waals surface area contributed by atoms with Crippen LogP contribution < -0.4 is 10.6 Å². The van der Waals surface area contributed by atoms with E-state index in [0.29, 0.717) is 6.42 Å². The van der Waals surface area contributed by atoms with Crippen LogP contribution in [0.5, 0.6) is 0 Å². The number of hydrogen-bond acceptors (Lipinski definition) is 3. The zero-order valence-corrected chi connectivity index (χ0v) is 10.6. The Morgan fingerprint density at radius 2 is 2.18 bits per heavy atom. The molecule has 0 aliphatic rings. The molecule has 1 rings (SSSR count). The van der Waals surface area contributed by atoms with Crippen molar-refractivity contribution in [1.82, 2.24) is 10.6 Å². The molecule has 1 aromatic rings. The Bertz CT molecular complexity index is 378. The van der Waals surface area contributed by atoms with Crippen molar-refractivity contribution in [3.05, 3.63) is 22.4 Å². The first-order valence-electron chi connectivity index (χ1n) is 5.36. The third-order valence-electron chi connectivity index (χ3n) is 2.40. The lowest BCUT2D eigenvalue weighted by Gasteiger charge is -2.16. The van der Waals surface area contributed by atoms with E-state index in [1.54, 1.807) is 18.3 Å². The molecule has 0 saturated heterocycles. The molecule has 0 radical (unpaired) electrons. The van der Waals surface area contributed by atoms with Crippen molar-refractivity contribution in [1.29, 1.82) is 0 Å². The van der Waals surface area contributed by atoms with Crippen LogP contribution in [0, 0.1) is 0 Å². The van der Waals surface area contributed by atoms with Gasteiger partial charge in [0.25, 0.3) is 0 Å². The van der Waals surface area contributed by atoms with E-state index in [-0.39, 0.29) is 6.04 Å². The molecular weight excluding hydrogens is 240 g/mol. The molecule has 17 heavy (non-hydrogen) atoms. The van der Waals surface area contributed by atoms with Gasteiger partial charge in [0.15, 0.2) is 0 Å². The Balaban J connectivity index is 2.47. The first-order valence-corrected chi connectivity index (χ1v) is 6.30. The smallest absolute Gasteiger partial charge is 0.326 e. The molecule has 94 valence electrons. The molecule has 0 spiro atoms. The van der Waals surface area contributed by atoms with Crippen molar-refractivity contribution >= 4 is 23.3 Å². The summed E-state index contributed by atoms with van der Waals surface area (Å²) in [6.07, 6.45) is 0.357. The van der Waals surface area contributed by atoms with E-state index in [4.69, 9.17) is 5.11 Å². The van der Waals surface area contributed by atoms with Gasteiger partial charge in [-0.2, -0.15) is 11.3 Å². The zero-order chi connectivity index (χ0) is 12.8. The molecule has 0 aliphatic heterocycles. The first-order chi connectivity index (χ1) is 8.04. The molecule has 1 unspecified atom stereocenters. The standard InChI is InChI=1S/C11H16N2O3S/c1-3-9(10(14)15)13-11(16)12-7(2)8-4-5-17-6-8/h4-7,9H,3H2,1-2H3,(H,14,15)(H2,12,13,16)/t7?,9-/m1/s1. The van der Waals surface area contributed by atoms with E-state index in [2.05, 4.69) is 10.6 Å². The second kappa shape index (κ2) is 6.24. The van der Waals surface area contributed by atoms with E-state index in [9.17, 15) is 9.59 Å². The lowest BCUT2D eigenvalue weighted by molar-refractivity contribution is -0.139. The Morgan fingerprint density at radius 3 is 2.65 bits per heavy atom. The Kier molecular flexibility index (Phi) is 4.96. The van der Waals surface area contributed by atoms with Crippen LogP contribution in [0.3, 0.4) is 0 Å². The maximum absolute atomic E-state index is 11.5. The second-order valence-corrected chi connectivity index (χ2v) is 4.48. The number of carboxylic acids is 1. The molecule has 0 saturated carbocycles. The number of amides is 2. The summed E-state index contributed by atoms with van der Waals surface area (Å²) in [6.45, 7) is 3.56. The van der Waals surface area contributed by atoms with E-state index >= 15 is 0 Å². The fourth-order valence-electron chi connectivity index (χ4n) is 1.34. The number of thiophene rings is 1. The molecule has 2 amide bonds. The van der Waals surface area contributed by atoms with Crippen LogP contribution in [0.2, 0.25) is 0 Å². The topological polar surface area (TPSA) is 78.4 Å². The van der Waals surface area contributed by atoms with E-state index in [1.165, 1.54) is 0 Å². The van der Waals surface area contributed by atoms with E-state index < -0.39 is 18.0 Å². The van der Waals surface area contributed by atoms with Gasteiger partial charge in [-0.1, -0.05) is 6.92 Å². The largest absolute Gasteiger partial charge is 0.480 e. The van der Waals surface area contributed by atoms with Gasteiger partial charge in [0.05, 0.1) is 6.04 Å². The van der Waals surface area contributed by atoms with Gasteiger partial charge in [0.2, 0.25) is 0 Å². The van der Waals surface area contributed by atoms with Gasteiger partial charge < -0.3 is 15.7 Å². The Hall–Kier alpha value is -1.56. The zero-order valence-electron chi connectivity index (χ0n) is 9.77. The summed E-state index contributed by atoms with van der Waals surface area (Å²) >= 11 is 1.55. The maximum Gasteiger partial charge on any atom is 0.326 e. The molecule has 0 fully saturated rings.